The Morgan fingerprint density at radius 1 is 0.462 bits per heavy atom. The SMILES string of the molecule is Cc1ccc(C(c2c(C)cc(C)cc2C)c2c(C)cc(C)cc2C)cc1. The van der Waals surface area contributed by atoms with Crippen molar-refractivity contribution in [1.29, 1.82) is 0 Å². The van der Waals surface area contributed by atoms with Crippen molar-refractivity contribution in [1.82, 2.24) is 0 Å². The third kappa shape index (κ3) is 3.46. The molecule has 26 heavy (non-hydrogen) atoms. The summed E-state index contributed by atoms with van der Waals surface area (Å²) in [6.45, 7) is 15.6. The maximum Gasteiger partial charge on any atom is 0.0350 e. The highest BCUT2D eigenvalue weighted by Crippen LogP contribution is 2.39. The van der Waals surface area contributed by atoms with Crippen LogP contribution in [0.5, 0.6) is 0 Å². The van der Waals surface area contributed by atoms with Gasteiger partial charge in [-0.1, -0.05) is 65.2 Å². The van der Waals surface area contributed by atoms with E-state index in [1.165, 1.54) is 55.6 Å². The molecular formula is C26H30. The molecule has 0 fully saturated rings. The van der Waals surface area contributed by atoms with Gasteiger partial charge in [0.25, 0.3) is 0 Å². The summed E-state index contributed by atoms with van der Waals surface area (Å²) >= 11 is 0. The van der Waals surface area contributed by atoms with E-state index in [2.05, 4.69) is 97.0 Å². The van der Waals surface area contributed by atoms with Crippen LogP contribution in [0.2, 0.25) is 0 Å². The van der Waals surface area contributed by atoms with Crippen LogP contribution in [0.4, 0.5) is 0 Å². The predicted octanol–water partition coefficient (Wildman–Crippen LogP) is 7.03. The fourth-order valence-electron chi connectivity index (χ4n) is 4.53. The smallest absolute Gasteiger partial charge is 0.0350 e. The minimum absolute atomic E-state index is 0.275. The molecule has 0 heterocycles. The average Bonchev–Trinajstić information content (AvgIpc) is 2.52. The summed E-state index contributed by atoms with van der Waals surface area (Å²) in [5, 5.41) is 0. The minimum atomic E-state index is 0.275. The standard InChI is InChI=1S/C26H30/c1-16-8-10-23(11-9-16)26(24-19(4)12-17(2)13-20(24)5)25-21(6)14-18(3)15-22(25)7/h8-15,26H,1-7H3. The molecule has 0 radical (unpaired) electrons. The first-order valence-corrected chi connectivity index (χ1v) is 9.50. The van der Waals surface area contributed by atoms with Crippen molar-refractivity contribution in [2.24, 2.45) is 0 Å². The van der Waals surface area contributed by atoms with Crippen molar-refractivity contribution in [3.8, 4) is 0 Å². The highest BCUT2D eigenvalue weighted by molar-refractivity contribution is 5.55. The zero-order valence-corrected chi connectivity index (χ0v) is 17.2. The van der Waals surface area contributed by atoms with Crippen LogP contribution in [-0.4, -0.2) is 0 Å². The summed E-state index contributed by atoms with van der Waals surface area (Å²) in [6, 6.07) is 18.4. The maximum absolute atomic E-state index is 2.32. The van der Waals surface area contributed by atoms with E-state index in [-0.39, 0.29) is 5.92 Å². The van der Waals surface area contributed by atoms with Gasteiger partial charge >= 0.3 is 0 Å². The summed E-state index contributed by atoms with van der Waals surface area (Å²) in [4.78, 5) is 0. The van der Waals surface area contributed by atoms with Gasteiger partial charge in [0, 0.05) is 5.92 Å². The molecule has 0 heteroatoms. The summed E-state index contributed by atoms with van der Waals surface area (Å²) in [5.74, 6) is 0.275. The maximum atomic E-state index is 2.32. The molecule has 0 aromatic heterocycles. The zero-order valence-electron chi connectivity index (χ0n) is 17.2. The molecule has 0 bridgehead atoms. The molecule has 0 aliphatic rings. The van der Waals surface area contributed by atoms with Crippen molar-refractivity contribution >= 4 is 0 Å². The number of hydrogen-bond acceptors (Lipinski definition) is 0. The van der Waals surface area contributed by atoms with Crippen molar-refractivity contribution in [3.05, 3.63) is 104 Å². The molecule has 0 aliphatic carbocycles. The van der Waals surface area contributed by atoms with Crippen LogP contribution >= 0.6 is 0 Å². The Balaban J connectivity index is 2.34. The first-order valence-electron chi connectivity index (χ1n) is 9.50. The van der Waals surface area contributed by atoms with Crippen molar-refractivity contribution in [2.75, 3.05) is 0 Å². The Bertz CT molecular complexity index is 839. The average molecular weight is 343 g/mol. The minimum Gasteiger partial charge on any atom is -0.0590 e. The van der Waals surface area contributed by atoms with E-state index < -0.39 is 0 Å². The lowest BCUT2D eigenvalue weighted by Crippen LogP contribution is -2.11. The molecule has 0 spiro atoms. The molecule has 0 nitrogen and oxygen atoms in total. The Morgan fingerprint density at radius 3 is 1.15 bits per heavy atom. The summed E-state index contributed by atoms with van der Waals surface area (Å²) in [5.41, 5.74) is 13.8. The number of aryl methyl sites for hydroxylation is 7. The van der Waals surface area contributed by atoms with Gasteiger partial charge in [-0.25, -0.2) is 0 Å². The molecule has 0 N–H and O–H groups in total. The Hall–Kier alpha value is -2.34. The van der Waals surface area contributed by atoms with Gasteiger partial charge in [-0.3, -0.25) is 0 Å². The topological polar surface area (TPSA) is 0 Å². The molecule has 134 valence electrons. The van der Waals surface area contributed by atoms with Gasteiger partial charge in [-0.2, -0.15) is 0 Å². The van der Waals surface area contributed by atoms with E-state index in [9.17, 15) is 0 Å². The van der Waals surface area contributed by atoms with Crippen LogP contribution < -0.4 is 0 Å². The van der Waals surface area contributed by atoms with Crippen LogP contribution in [0.3, 0.4) is 0 Å². The highest BCUT2D eigenvalue weighted by Gasteiger charge is 2.24. The van der Waals surface area contributed by atoms with Gasteiger partial charge in [0.1, 0.15) is 0 Å². The molecule has 3 aromatic carbocycles. The molecule has 0 aliphatic heterocycles. The monoisotopic (exact) mass is 342 g/mol. The second-order valence-corrected chi connectivity index (χ2v) is 7.97. The third-order valence-corrected chi connectivity index (χ3v) is 5.46. The van der Waals surface area contributed by atoms with Crippen LogP contribution in [0.25, 0.3) is 0 Å². The molecule has 3 rings (SSSR count). The van der Waals surface area contributed by atoms with Crippen molar-refractivity contribution in [3.63, 3.8) is 0 Å². The van der Waals surface area contributed by atoms with Crippen LogP contribution in [0.1, 0.15) is 61.6 Å². The van der Waals surface area contributed by atoms with Crippen LogP contribution in [0.15, 0.2) is 48.5 Å². The van der Waals surface area contributed by atoms with Crippen molar-refractivity contribution < 1.29 is 0 Å². The predicted molar refractivity (Wildman–Crippen MR) is 113 cm³/mol. The van der Waals surface area contributed by atoms with E-state index in [0.29, 0.717) is 0 Å². The molecule has 3 aromatic rings. The molecule has 0 unspecified atom stereocenters. The normalized spacial score (nSPS) is 11.2. The van der Waals surface area contributed by atoms with E-state index in [1.54, 1.807) is 0 Å². The number of rotatable bonds is 3. The van der Waals surface area contributed by atoms with Gasteiger partial charge in [0.2, 0.25) is 0 Å². The van der Waals surface area contributed by atoms with E-state index in [4.69, 9.17) is 0 Å². The Morgan fingerprint density at radius 2 is 0.808 bits per heavy atom. The van der Waals surface area contributed by atoms with Gasteiger partial charge in [0.15, 0.2) is 0 Å². The Labute approximate surface area is 158 Å². The van der Waals surface area contributed by atoms with Gasteiger partial charge in [-0.05, 0) is 87.4 Å². The van der Waals surface area contributed by atoms with Gasteiger partial charge < -0.3 is 0 Å². The van der Waals surface area contributed by atoms with Gasteiger partial charge in [0.05, 0.1) is 0 Å². The van der Waals surface area contributed by atoms with E-state index in [1.807, 2.05) is 0 Å². The highest BCUT2D eigenvalue weighted by atomic mass is 14.3. The first kappa shape index (κ1) is 18.5. The summed E-state index contributed by atoms with van der Waals surface area (Å²) in [6.07, 6.45) is 0. The lowest BCUT2D eigenvalue weighted by molar-refractivity contribution is 0.919. The number of benzene rings is 3. The molecular weight excluding hydrogens is 312 g/mol. The lowest BCUT2D eigenvalue weighted by Gasteiger charge is -2.27. The molecule has 0 atom stereocenters. The summed E-state index contributed by atoms with van der Waals surface area (Å²) < 4.78 is 0. The third-order valence-electron chi connectivity index (χ3n) is 5.46. The van der Waals surface area contributed by atoms with Crippen LogP contribution in [-0.2, 0) is 0 Å². The molecule has 0 amide bonds. The van der Waals surface area contributed by atoms with Gasteiger partial charge in [-0.15, -0.1) is 0 Å². The quantitative estimate of drug-likeness (QED) is 0.448. The zero-order chi connectivity index (χ0) is 19.0. The fraction of sp³-hybridized carbons (Fsp3) is 0.308. The van der Waals surface area contributed by atoms with E-state index >= 15 is 0 Å². The first-order chi connectivity index (χ1) is 12.3. The molecule has 0 saturated carbocycles. The molecule has 0 saturated heterocycles. The van der Waals surface area contributed by atoms with Crippen LogP contribution in [0, 0.1) is 48.5 Å². The van der Waals surface area contributed by atoms with E-state index in [0.717, 1.165) is 0 Å². The lowest BCUT2D eigenvalue weighted by atomic mass is 9.77. The second kappa shape index (κ2) is 7.11. The Kier molecular flexibility index (Phi) is 5.05. The number of hydrogen-bond donors (Lipinski definition) is 0. The summed E-state index contributed by atoms with van der Waals surface area (Å²) in [7, 11) is 0. The fourth-order valence-corrected chi connectivity index (χ4v) is 4.53. The largest absolute Gasteiger partial charge is 0.0590 e. The van der Waals surface area contributed by atoms with Crippen molar-refractivity contribution in [2.45, 2.75) is 54.4 Å². The second-order valence-electron chi connectivity index (χ2n) is 7.97.